The first-order valence-corrected chi connectivity index (χ1v) is 11.6. The van der Waals surface area contributed by atoms with Gasteiger partial charge in [0.15, 0.2) is 0 Å². The van der Waals surface area contributed by atoms with Gasteiger partial charge in [-0.1, -0.05) is 0 Å². The van der Waals surface area contributed by atoms with E-state index >= 15 is 0 Å². The molecule has 3 aliphatic rings. The van der Waals surface area contributed by atoms with Crippen molar-refractivity contribution >= 4 is 11.6 Å². The topological polar surface area (TPSA) is 36.0 Å². The molecule has 0 radical (unpaired) electrons. The summed E-state index contributed by atoms with van der Waals surface area (Å²) >= 11 is 0. The summed E-state index contributed by atoms with van der Waals surface area (Å²) in [6.07, 6.45) is 9.30. The quantitative estimate of drug-likeness (QED) is 0.729. The number of likely N-dealkylation sites (tertiary alicyclic amines) is 2. The van der Waals surface area contributed by atoms with Crippen molar-refractivity contribution in [3.05, 3.63) is 24.3 Å². The van der Waals surface area contributed by atoms with Crippen LogP contribution in [0, 0.1) is 5.92 Å². The number of piperidine rings is 2. The van der Waals surface area contributed by atoms with Gasteiger partial charge in [-0.15, -0.1) is 0 Å². The van der Waals surface area contributed by atoms with E-state index in [9.17, 15) is 4.79 Å². The van der Waals surface area contributed by atoms with Gasteiger partial charge < -0.3 is 14.5 Å². The molecule has 1 aromatic rings. The Bertz CT molecular complexity index is 649. The lowest BCUT2D eigenvalue weighted by atomic mass is 9.90. The molecule has 3 heterocycles. The van der Waals surface area contributed by atoms with Gasteiger partial charge in [0.2, 0.25) is 5.91 Å². The fourth-order valence-electron chi connectivity index (χ4n) is 5.40. The van der Waals surface area contributed by atoms with Crippen molar-refractivity contribution in [2.24, 2.45) is 5.92 Å². The standard InChI is InChI=1S/C24H37N3O2/c1-29-23-9-7-21(8-10-23)25-17-12-22(13-18-25)27-16-4-5-20(19-27)6-11-24(28)26-14-2-3-15-26/h7-10,20,22H,2-6,11-19H2,1H3/t20-/m0/s1. The van der Waals surface area contributed by atoms with E-state index in [-0.39, 0.29) is 0 Å². The Morgan fingerprint density at radius 2 is 1.69 bits per heavy atom. The monoisotopic (exact) mass is 399 g/mol. The third kappa shape index (κ3) is 5.25. The van der Waals surface area contributed by atoms with Crippen LogP contribution in [0.4, 0.5) is 5.69 Å². The van der Waals surface area contributed by atoms with Crippen LogP contribution < -0.4 is 9.64 Å². The summed E-state index contributed by atoms with van der Waals surface area (Å²) in [5.41, 5.74) is 1.31. The Hall–Kier alpha value is -1.75. The molecule has 1 atom stereocenters. The average molecular weight is 400 g/mol. The minimum absolute atomic E-state index is 0.396. The highest BCUT2D eigenvalue weighted by Crippen LogP contribution is 2.29. The van der Waals surface area contributed by atoms with E-state index in [1.807, 2.05) is 0 Å². The highest BCUT2D eigenvalue weighted by Gasteiger charge is 2.29. The maximum atomic E-state index is 12.4. The number of amides is 1. The highest BCUT2D eigenvalue weighted by molar-refractivity contribution is 5.76. The number of hydrogen-bond acceptors (Lipinski definition) is 4. The van der Waals surface area contributed by atoms with Crippen molar-refractivity contribution in [3.8, 4) is 5.75 Å². The second kappa shape index (κ2) is 9.84. The zero-order valence-corrected chi connectivity index (χ0v) is 18.0. The Morgan fingerprint density at radius 3 is 2.38 bits per heavy atom. The highest BCUT2D eigenvalue weighted by atomic mass is 16.5. The normalized spacial score (nSPS) is 24.1. The molecule has 4 rings (SSSR count). The second-order valence-electron chi connectivity index (χ2n) is 9.05. The molecule has 29 heavy (non-hydrogen) atoms. The number of carbonyl (C=O) groups is 1. The minimum atomic E-state index is 0.396. The Morgan fingerprint density at radius 1 is 0.966 bits per heavy atom. The molecule has 3 aliphatic heterocycles. The fraction of sp³-hybridized carbons (Fsp3) is 0.708. The molecular weight excluding hydrogens is 362 g/mol. The van der Waals surface area contributed by atoms with Crippen LogP contribution in [0.5, 0.6) is 5.75 Å². The Labute approximate surface area is 176 Å². The molecule has 160 valence electrons. The lowest BCUT2D eigenvalue weighted by molar-refractivity contribution is -0.130. The molecule has 0 bridgehead atoms. The molecule has 5 nitrogen and oxygen atoms in total. The van der Waals surface area contributed by atoms with E-state index in [1.54, 1.807) is 7.11 Å². The first kappa shape index (κ1) is 20.5. The van der Waals surface area contributed by atoms with Crippen LogP contribution in [0.3, 0.4) is 0 Å². The van der Waals surface area contributed by atoms with Gasteiger partial charge in [-0.05, 0) is 81.7 Å². The van der Waals surface area contributed by atoms with E-state index in [0.717, 1.165) is 44.8 Å². The largest absolute Gasteiger partial charge is 0.497 e. The summed E-state index contributed by atoms with van der Waals surface area (Å²) in [4.78, 5) is 19.7. The summed E-state index contributed by atoms with van der Waals surface area (Å²) in [7, 11) is 1.72. The van der Waals surface area contributed by atoms with Gasteiger partial charge in [0.05, 0.1) is 7.11 Å². The lowest BCUT2D eigenvalue weighted by Gasteiger charge is -2.43. The number of ether oxygens (including phenoxy) is 1. The maximum absolute atomic E-state index is 12.4. The summed E-state index contributed by atoms with van der Waals surface area (Å²) in [5, 5.41) is 0. The first-order valence-electron chi connectivity index (χ1n) is 11.6. The van der Waals surface area contributed by atoms with E-state index < -0.39 is 0 Å². The van der Waals surface area contributed by atoms with Crippen molar-refractivity contribution in [3.63, 3.8) is 0 Å². The Balaban J connectivity index is 1.22. The van der Waals surface area contributed by atoms with Crippen LogP contribution in [-0.2, 0) is 4.79 Å². The third-order valence-electron chi connectivity index (χ3n) is 7.19. The molecule has 0 unspecified atom stereocenters. The van der Waals surface area contributed by atoms with Gasteiger partial charge in [0, 0.05) is 50.9 Å². The molecule has 3 fully saturated rings. The molecule has 1 amide bonds. The fourth-order valence-corrected chi connectivity index (χ4v) is 5.40. The van der Waals surface area contributed by atoms with E-state index in [2.05, 4.69) is 39.0 Å². The zero-order chi connectivity index (χ0) is 20.1. The smallest absolute Gasteiger partial charge is 0.222 e. The molecule has 0 aromatic heterocycles. The number of nitrogens with zero attached hydrogens (tertiary/aromatic N) is 3. The SMILES string of the molecule is COc1ccc(N2CCC(N3CCC[C@@H](CCC(=O)N4CCCC4)C3)CC2)cc1. The number of anilines is 1. The number of benzene rings is 1. The number of hydrogen-bond donors (Lipinski definition) is 0. The van der Waals surface area contributed by atoms with Gasteiger partial charge >= 0.3 is 0 Å². The van der Waals surface area contributed by atoms with Crippen LogP contribution in [0.25, 0.3) is 0 Å². The van der Waals surface area contributed by atoms with E-state index in [1.165, 1.54) is 57.3 Å². The number of rotatable bonds is 6. The predicted molar refractivity (Wildman–Crippen MR) is 118 cm³/mol. The number of methoxy groups -OCH3 is 1. The molecule has 1 aromatic carbocycles. The van der Waals surface area contributed by atoms with Gasteiger partial charge in [0.1, 0.15) is 5.75 Å². The zero-order valence-electron chi connectivity index (χ0n) is 18.0. The average Bonchev–Trinajstić information content (AvgIpc) is 3.33. The number of carbonyl (C=O) groups excluding carboxylic acids is 1. The van der Waals surface area contributed by atoms with Crippen molar-refractivity contribution in [2.45, 2.75) is 57.4 Å². The van der Waals surface area contributed by atoms with Gasteiger partial charge in [-0.25, -0.2) is 0 Å². The molecule has 5 heteroatoms. The lowest BCUT2D eigenvalue weighted by Crippen LogP contribution is -2.48. The molecule has 0 spiro atoms. The van der Waals surface area contributed by atoms with Crippen LogP contribution in [-0.4, -0.2) is 68.1 Å². The maximum Gasteiger partial charge on any atom is 0.222 e. The van der Waals surface area contributed by atoms with Crippen LogP contribution in [0.15, 0.2) is 24.3 Å². The molecule has 0 saturated carbocycles. The first-order chi connectivity index (χ1) is 14.2. The molecule has 3 saturated heterocycles. The Kier molecular flexibility index (Phi) is 6.96. The van der Waals surface area contributed by atoms with Crippen molar-refractivity contribution in [1.29, 1.82) is 0 Å². The molecule has 0 N–H and O–H groups in total. The van der Waals surface area contributed by atoms with Gasteiger partial charge in [-0.3, -0.25) is 9.69 Å². The van der Waals surface area contributed by atoms with Crippen LogP contribution >= 0.6 is 0 Å². The van der Waals surface area contributed by atoms with Crippen molar-refractivity contribution < 1.29 is 9.53 Å². The van der Waals surface area contributed by atoms with Gasteiger partial charge in [0.25, 0.3) is 0 Å². The van der Waals surface area contributed by atoms with Crippen molar-refractivity contribution in [2.75, 3.05) is 51.3 Å². The summed E-state index contributed by atoms with van der Waals surface area (Å²) in [5.74, 6) is 2.02. The summed E-state index contributed by atoms with van der Waals surface area (Å²) in [6, 6.07) is 9.17. The molecular formula is C24H37N3O2. The minimum Gasteiger partial charge on any atom is -0.497 e. The third-order valence-corrected chi connectivity index (χ3v) is 7.19. The summed E-state index contributed by atoms with van der Waals surface area (Å²) < 4.78 is 5.28. The van der Waals surface area contributed by atoms with Gasteiger partial charge in [-0.2, -0.15) is 0 Å². The van der Waals surface area contributed by atoms with E-state index in [0.29, 0.717) is 17.9 Å². The van der Waals surface area contributed by atoms with Crippen molar-refractivity contribution in [1.82, 2.24) is 9.80 Å². The second-order valence-corrected chi connectivity index (χ2v) is 9.05. The van der Waals surface area contributed by atoms with Crippen LogP contribution in [0.2, 0.25) is 0 Å². The van der Waals surface area contributed by atoms with Crippen LogP contribution in [0.1, 0.15) is 51.4 Å². The predicted octanol–water partition coefficient (Wildman–Crippen LogP) is 3.78. The molecule has 0 aliphatic carbocycles. The summed E-state index contributed by atoms with van der Waals surface area (Å²) in [6.45, 7) is 6.67. The van der Waals surface area contributed by atoms with E-state index in [4.69, 9.17) is 4.74 Å².